The molecular weight excluding hydrogens is 253 g/mol. The average Bonchev–Trinajstić information content (AvgIpc) is 2.05. The Morgan fingerprint density at radius 1 is 1.33 bits per heavy atom. The Morgan fingerprint density at radius 3 is 2.20 bits per heavy atom. The summed E-state index contributed by atoms with van der Waals surface area (Å²) < 4.78 is 25.3. The van der Waals surface area contributed by atoms with E-state index in [9.17, 15) is 13.6 Å². The highest BCUT2D eigenvalue weighted by Gasteiger charge is 2.40. The number of carboxylic acid groups (broad SMARTS) is 1. The van der Waals surface area contributed by atoms with E-state index in [0.717, 1.165) is 0 Å². The van der Waals surface area contributed by atoms with Crippen LogP contribution in [0.3, 0.4) is 0 Å². The monoisotopic (exact) mass is 266 g/mol. The molecule has 0 aliphatic carbocycles. The highest BCUT2D eigenvalue weighted by atomic mass is 35.5. The third kappa shape index (κ3) is 5.46. The molecule has 8 heteroatoms. The first kappa shape index (κ1) is 17.2. The standard InChI is InChI=1S/C7H12F2N2O2.2ClH/c8-7(9,6(12)13)5-11-3-1-10-2-4-11;;/h10H,1-5H2,(H,12,13);2*1H. The number of carbonyl (C=O) groups is 1. The molecule has 0 aromatic rings. The number of rotatable bonds is 3. The van der Waals surface area contributed by atoms with Gasteiger partial charge in [0.05, 0.1) is 6.54 Å². The number of nitrogens with zero attached hydrogens (tertiary/aromatic N) is 1. The van der Waals surface area contributed by atoms with Gasteiger partial charge in [-0.05, 0) is 0 Å². The van der Waals surface area contributed by atoms with E-state index in [1.54, 1.807) is 0 Å². The van der Waals surface area contributed by atoms with Gasteiger partial charge in [-0.25, -0.2) is 4.79 Å². The van der Waals surface area contributed by atoms with Crippen molar-refractivity contribution < 1.29 is 18.7 Å². The number of nitrogens with one attached hydrogen (secondary N) is 1. The van der Waals surface area contributed by atoms with Gasteiger partial charge in [-0.15, -0.1) is 24.8 Å². The zero-order valence-corrected chi connectivity index (χ0v) is 9.54. The van der Waals surface area contributed by atoms with E-state index in [4.69, 9.17) is 5.11 Å². The topological polar surface area (TPSA) is 52.6 Å². The summed E-state index contributed by atoms with van der Waals surface area (Å²) in [5.41, 5.74) is 0. The third-order valence-corrected chi connectivity index (χ3v) is 1.94. The van der Waals surface area contributed by atoms with Gasteiger partial charge in [0, 0.05) is 26.2 Å². The van der Waals surface area contributed by atoms with Crippen LogP contribution in [0.15, 0.2) is 0 Å². The highest BCUT2D eigenvalue weighted by Crippen LogP contribution is 2.15. The second-order valence-electron chi connectivity index (χ2n) is 3.04. The summed E-state index contributed by atoms with van der Waals surface area (Å²) in [6.45, 7) is 1.53. The summed E-state index contributed by atoms with van der Waals surface area (Å²) in [6.07, 6.45) is 0. The van der Waals surface area contributed by atoms with Gasteiger partial charge in [-0.1, -0.05) is 0 Å². The van der Waals surface area contributed by atoms with Crippen molar-refractivity contribution in [3.05, 3.63) is 0 Å². The maximum Gasteiger partial charge on any atom is 0.375 e. The van der Waals surface area contributed by atoms with Gasteiger partial charge >= 0.3 is 11.9 Å². The smallest absolute Gasteiger partial charge is 0.375 e. The molecule has 0 unspecified atom stereocenters. The first-order chi connectivity index (χ1) is 6.02. The number of piperazine rings is 1. The van der Waals surface area contributed by atoms with Gasteiger partial charge in [-0.2, -0.15) is 8.78 Å². The van der Waals surface area contributed by atoms with Crippen LogP contribution in [0.1, 0.15) is 0 Å². The van der Waals surface area contributed by atoms with Crippen molar-refractivity contribution in [2.24, 2.45) is 0 Å². The molecule has 0 saturated carbocycles. The summed E-state index contributed by atoms with van der Waals surface area (Å²) in [5.74, 6) is -5.68. The zero-order chi connectivity index (χ0) is 9.90. The van der Waals surface area contributed by atoms with Crippen LogP contribution in [-0.2, 0) is 4.79 Å². The summed E-state index contributed by atoms with van der Waals surface area (Å²) in [5, 5.41) is 11.2. The molecule has 2 N–H and O–H groups in total. The van der Waals surface area contributed by atoms with Crippen LogP contribution in [0.2, 0.25) is 0 Å². The normalized spacial score (nSPS) is 17.5. The Bertz CT molecular complexity index is 201. The second-order valence-corrected chi connectivity index (χ2v) is 3.04. The fraction of sp³-hybridized carbons (Fsp3) is 0.857. The lowest BCUT2D eigenvalue weighted by Crippen LogP contribution is -2.50. The SMILES string of the molecule is Cl.Cl.O=C(O)C(F)(F)CN1CCNCC1. The lowest BCUT2D eigenvalue weighted by molar-refractivity contribution is -0.167. The molecule has 1 aliphatic heterocycles. The van der Waals surface area contributed by atoms with Gasteiger partial charge in [0.25, 0.3) is 0 Å². The number of halogens is 4. The Balaban J connectivity index is 0. The Labute approximate surface area is 98.8 Å². The molecule has 4 nitrogen and oxygen atoms in total. The molecule has 0 aromatic carbocycles. The average molecular weight is 267 g/mol. The number of carboxylic acids is 1. The molecule has 0 atom stereocenters. The molecule has 1 heterocycles. The third-order valence-electron chi connectivity index (χ3n) is 1.94. The predicted molar refractivity (Wildman–Crippen MR) is 56.4 cm³/mol. The highest BCUT2D eigenvalue weighted by molar-refractivity contribution is 5.85. The molecule has 92 valence electrons. The fourth-order valence-corrected chi connectivity index (χ4v) is 1.22. The number of hydrogen-bond acceptors (Lipinski definition) is 3. The summed E-state index contributed by atoms with van der Waals surface area (Å²) >= 11 is 0. The van der Waals surface area contributed by atoms with Crippen LogP contribution in [0.25, 0.3) is 0 Å². The summed E-state index contributed by atoms with van der Waals surface area (Å²) in [4.78, 5) is 11.6. The fourth-order valence-electron chi connectivity index (χ4n) is 1.22. The zero-order valence-electron chi connectivity index (χ0n) is 7.91. The van der Waals surface area contributed by atoms with E-state index in [1.807, 2.05) is 0 Å². The van der Waals surface area contributed by atoms with Gasteiger partial charge in [0.2, 0.25) is 0 Å². The molecule has 1 fully saturated rings. The number of aliphatic carboxylic acids is 1. The van der Waals surface area contributed by atoms with Crippen molar-refractivity contribution in [2.75, 3.05) is 32.7 Å². The largest absolute Gasteiger partial charge is 0.477 e. The van der Waals surface area contributed by atoms with Crippen molar-refractivity contribution in [3.63, 3.8) is 0 Å². The minimum atomic E-state index is -3.63. The molecule has 1 saturated heterocycles. The first-order valence-electron chi connectivity index (χ1n) is 4.07. The van der Waals surface area contributed by atoms with Crippen molar-refractivity contribution >= 4 is 30.8 Å². The predicted octanol–water partition coefficient (Wildman–Crippen LogP) is 0.455. The van der Waals surface area contributed by atoms with Crippen molar-refractivity contribution in [3.8, 4) is 0 Å². The molecular formula is C7H14Cl2F2N2O2. The summed E-state index contributed by atoms with van der Waals surface area (Å²) in [6, 6.07) is 0. The van der Waals surface area contributed by atoms with Gasteiger partial charge < -0.3 is 10.4 Å². The van der Waals surface area contributed by atoms with Crippen LogP contribution in [0.5, 0.6) is 0 Å². The van der Waals surface area contributed by atoms with Gasteiger partial charge in [0.15, 0.2) is 0 Å². The van der Waals surface area contributed by atoms with Crippen LogP contribution in [-0.4, -0.2) is 54.6 Å². The van der Waals surface area contributed by atoms with Gasteiger partial charge in [0.1, 0.15) is 0 Å². The molecule has 15 heavy (non-hydrogen) atoms. The van der Waals surface area contributed by atoms with E-state index < -0.39 is 18.4 Å². The minimum Gasteiger partial charge on any atom is -0.477 e. The lowest BCUT2D eigenvalue weighted by atomic mass is 10.3. The maximum absolute atomic E-state index is 12.7. The first-order valence-corrected chi connectivity index (χ1v) is 4.07. The molecule has 1 rings (SSSR count). The van der Waals surface area contributed by atoms with E-state index in [1.165, 1.54) is 4.90 Å². The minimum absolute atomic E-state index is 0. The van der Waals surface area contributed by atoms with Crippen molar-refractivity contribution in [1.29, 1.82) is 0 Å². The molecule has 0 spiro atoms. The Kier molecular flexibility index (Phi) is 8.23. The van der Waals surface area contributed by atoms with Gasteiger partial charge in [-0.3, -0.25) is 4.90 Å². The maximum atomic E-state index is 12.7. The van der Waals surface area contributed by atoms with Crippen LogP contribution in [0, 0.1) is 0 Å². The lowest BCUT2D eigenvalue weighted by Gasteiger charge is -2.28. The van der Waals surface area contributed by atoms with Crippen LogP contribution in [0.4, 0.5) is 8.78 Å². The molecule has 0 aromatic heterocycles. The number of hydrogen-bond donors (Lipinski definition) is 2. The van der Waals surface area contributed by atoms with E-state index in [-0.39, 0.29) is 24.8 Å². The number of alkyl halides is 2. The Hall–Kier alpha value is -0.170. The quantitative estimate of drug-likeness (QED) is 0.779. The molecule has 0 bridgehead atoms. The van der Waals surface area contributed by atoms with E-state index in [0.29, 0.717) is 26.2 Å². The molecule has 0 radical (unpaired) electrons. The second kappa shape index (κ2) is 7.16. The van der Waals surface area contributed by atoms with Crippen LogP contribution < -0.4 is 5.32 Å². The molecule has 0 amide bonds. The van der Waals surface area contributed by atoms with E-state index >= 15 is 0 Å². The van der Waals surface area contributed by atoms with Crippen molar-refractivity contribution in [2.45, 2.75) is 5.92 Å². The molecule has 1 aliphatic rings. The Morgan fingerprint density at radius 2 is 1.80 bits per heavy atom. The van der Waals surface area contributed by atoms with Crippen molar-refractivity contribution in [1.82, 2.24) is 10.2 Å². The van der Waals surface area contributed by atoms with Crippen LogP contribution >= 0.6 is 24.8 Å². The van der Waals surface area contributed by atoms with E-state index in [2.05, 4.69) is 5.32 Å². The summed E-state index contributed by atoms with van der Waals surface area (Å²) in [7, 11) is 0.